The van der Waals surface area contributed by atoms with Crippen molar-refractivity contribution in [3.63, 3.8) is 0 Å². The van der Waals surface area contributed by atoms with E-state index in [-0.39, 0.29) is 12.6 Å². The minimum absolute atomic E-state index is 0.199. The van der Waals surface area contributed by atoms with E-state index in [0.717, 1.165) is 36.8 Å². The van der Waals surface area contributed by atoms with Crippen LogP contribution in [0.3, 0.4) is 0 Å². The van der Waals surface area contributed by atoms with E-state index in [0.29, 0.717) is 12.3 Å². The molecule has 3 rings (SSSR count). The average molecular weight is 346 g/mol. The molecule has 2 aliphatic rings. The first-order valence-corrected chi connectivity index (χ1v) is 8.96. The second-order valence-electron chi connectivity index (χ2n) is 7.00. The Morgan fingerprint density at radius 1 is 1.16 bits per heavy atom. The Hall–Kier alpha value is -1.92. The van der Waals surface area contributed by atoms with E-state index in [4.69, 9.17) is 9.47 Å². The number of aryl methyl sites for hydroxylation is 2. The van der Waals surface area contributed by atoms with Crippen molar-refractivity contribution in [3.05, 3.63) is 29.3 Å². The summed E-state index contributed by atoms with van der Waals surface area (Å²) >= 11 is 0. The van der Waals surface area contributed by atoms with Crippen molar-refractivity contribution < 1.29 is 19.1 Å². The molecule has 0 aromatic heterocycles. The second-order valence-corrected chi connectivity index (χ2v) is 7.00. The van der Waals surface area contributed by atoms with Gasteiger partial charge in [-0.1, -0.05) is 18.6 Å². The van der Waals surface area contributed by atoms with Gasteiger partial charge in [-0.15, -0.1) is 0 Å². The number of amides is 2. The van der Waals surface area contributed by atoms with Crippen molar-refractivity contribution in [2.45, 2.75) is 57.8 Å². The minimum Gasteiger partial charge on any atom is -0.347 e. The van der Waals surface area contributed by atoms with Crippen LogP contribution >= 0.6 is 0 Å². The zero-order valence-corrected chi connectivity index (χ0v) is 14.9. The van der Waals surface area contributed by atoms with Crippen LogP contribution in [0.5, 0.6) is 0 Å². The maximum Gasteiger partial charge on any atom is 0.313 e. The predicted octanol–water partition coefficient (Wildman–Crippen LogP) is 2.43. The van der Waals surface area contributed by atoms with Crippen LogP contribution < -0.4 is 10.6 Å². The summed E-state index contributed by atoms with van der Waals surface area (Å²) in [6, 6.07) is 5.72. The molecule has 2 N–H and O–H groups in total. The number of anilines is 1. The van der Waals surface area contributed by atoms with Gasteiger partial charge in [0.05, 0.1) is 6.61 Å². The van der Waals surface area contributed by atoms with Gasteiger partial charge in [-0.05, 0) is 43.9 Å². The molecule has 1 aromatic carbocycles. The number of carbonyl (C=O) groups excluding carboxylic acids is 2. The summed E-state index contributed by atoms with van der Waals surface area (Å²) in [6.07, 6.45) is 5.05. The molecule has 6 nitrogen and oxygen atoms in total. The molecule has 1 unspecified atom stereocenters. The van der Waals surface area contributed by atoms with Gasteiger partial charge in [0.25, 0.3) is 0 Å². The van der Waals surface area contributed by atoms with Crippen LogP contribution in [-0.4, -0.2) is 36.9 Å². The second kappa shape index (κ2) is 7.54. The summed E-state index contributed by atoms with van der Waals surface area (Å²) in [5.41, 5.74) is 2.59. The summed E-state index contributed by atoms with van der Waals surface area (Å²) < 4.78 is 11.8. The molecule has 1 aliphatic heterocycles. The van der Waals surface area contributed by atoms with E-state index in [2.05, 4.69) is 10.6 Å². The van der Waals surface area contributed by atoms with E-state index < -0.39 is 17.6 Å². The number of ether oxygens (including phenoxy) is 2. The monoisotopic (exact) mass is 346 g/mol. The summed E-state index contributed by atoms with van der Waals surface area (Å²) in [4.78, 5) is 24.1. The molecule has 2 amide bonds. The highest BCUT2D eigenvalue weighted by atomic mass is 16.7. The molecule has 136 valence electrons. The van der Waals surface area contributed by atoms with Gasteiger partial charge in [-0.25, -0.2) is 0 Å². The van der Waals surface area contributed by atoms with Gasteiger partial charge in [-0.2, -0.15) is 0 Å². The Morgan fingerprint density at radius 2 is 1.92 bits per heavy atom. The maximum absolute atomic E-state index is 12.1. The molecular weight excluding hydrogens is 320 g/mol. The molecule has 1 saturated carbocycles. The summed E-state index contributed by atoms with van der Waals surface area (Å²) in [5, 5.41) is 5.30. The molecule has 1 aliphatic carbocycles. The first-order valence-electron chi connectivity index (χ1n) is 8.96. The van der Waals surface area contributed by atoms with Gasteiger partial charge >= 0.3 is 11.8 Å². The van der Waals surface area contributed by atoms with Gasteiger partial charge < -0.3 is 20.1 Å². The number of rotatable bonds is 3. The number of hydrogen-bond donors (Lipinski definition) is 2. The predicted molar refractivity (Wildman–Crippen MR) is 94.2 cm³/mol. The number of carbonyl (C=O) groups is 2. The first-order chi connectivity index (χ1) is 12.0. The highest BCUT2D eigenvalue weighted by molar-refractivity contribution is 6.39. The molecule has 25 heavy (non-hydrogen) atoms. The van der Waals surface area contributed by atoms with Gasteiger partial charge in [0, 0.05) is 25.1 Å². The van der Waals surface area contributed by atoms with Crippen LogP contribution in [0, 0.1) is 13.8 Å². The van der Waals surface area contributed by atoms with E-state index in [9.17, 15) is 9.59 Å². The largest absolute Gasteiger partial charge is 0.347 e. The molecule has 6 heteroatoms. The lowest BCUT2D eigenvalue weighted by Crippen LogP contribution is -2.41. The molecule has 2 fully saturated rings. The number of nitrogens with one attached hydrogen (secondary N) is 2. The van der Waals surface area contributed by atoms with Crippen molar-refractivity contribution in [2.24, 2.45) is 0 Å². The summed E-state index contributed by atoms with van der Waals surface area (Å²) in [6.45, 7) is 4.56. The first kappa shape index (κ1) is 17.9. The zero-order chi connectivity index (χ0) is 17.9. The van der Waals surface area contributed by atoms with Crippen LogP contribution in [0.1, 0.15) is 43.2 Å². The normalized spacial score (nSPS) is 21.9. The molecule has 1 atom stereocenters. The van der Waals surface area contributed by atoms with E-state index >= 15 is 0 Å². The highest BCUT2D eigenvalue weighted by Crippen LogP contribution is 2.37. The van der Waals surface area contributed by atoms with Gasteiger partial charge in [0.15, 0.2) is 5.79 Å². The van der Waals surface area contributed by atoms with Crippen molar-refractivity contribution in [1.82, 2.24) is 5.32 Å². The van der Waals surface area contributed by atoms with Crippen LogP contribution in [0.15, 0.2) is 18.2 Å². The third-order valence-corrected chi connectivity index (χ3v) is 4.87. The van der Waals surface area contributed by atoms with Crippen molar-refractivity contribution >= 4 is 17.5 Å². The Bertz CT molecular complexity index is 653. The van der Waals surface area contributed by atoms with Crippen LogP contribution in [0.25, 0.3) is 0 Å². The SMILES string of the molecule is Cc1ccc(C)c(NC(=O)C(=O)NCC2COC3(CCCCC3)O2)c1. The smallest absolute Gasteiger partial charge is 0.313 e. The van der Waals surface area contributed by atoms with Crippen LogP contribution in [0.2, 0.25) is 0 Å². The van der Waals surface area contributed by atoms with Crippen LogP contribution in [-0.2, 0) is 19.1 Å². The topological polar surface area (TPSA) is 76.7 Å². The lowest BCUT2D eigenvalue weighted by molar-refractivity contribution is -0.186. The van der Waals surface area contributed by atoms with Gasteiger partial charge in [-0.3, -0.25) is 9.59 Å². The molecule has 1 aromatic rings. The fourth-order valence-electron chi connectivity index (χ4n) is 3.41. The Kier molecular flexibility index (Phi) is 5.39. The van der Waals surface area contributed by atoms with Crippen molar-refractivity contribution in [1.29, 1.82) is 0 Å². The third kappa shape index (κ3) is 4.38. The Balaban J connectivity index is 1.47. The summed E-state index contributed by atoms with van der Waals surface area (Å²) in [5.74, 6) is -1.79. The zero-order valence-electron chi connectivity index (χ0n) is 14.9. The highest BCUT2D eigenvalue weighted by Gasteiger charge is 2.42. The van der Waals surface area contributed by atoms with Crippen molar-refractivity contribution in [2.75, 3.05) is 18.5 Å². The van der Waals surface area contributed by atoms with Gasteiger partial charge in [0.1, 0.15) is 6.10 Å². The Labute approximate surface area is 148 Å². The van der Waals surface area contributed by atoms with E-state index in [1.54, 1.807) is 0 Å². The fourth-order valence-corrected chi connectivity index (χ4v) is 3.41. The molecule has 1 heterocycles. The lowest BCUT2D eigenvalue weighted by Gasteiger charge is -2.31. The quantitative estimate of drug-likeness (QED) is 0.824. The minimum atomic E-state index is -0.667. The standard InChI is InChI=1S/C19H26N2O4/c1-13-6-7-14(2)16(10-13)21-18(23)17(22)20-11-15-12-24-19(25-15)8-4-3-5-9-19/h6-7,10,15H,3-5,8-9,11-12H2,1-2H3,(H,20,22)(H,21,23). The van der Waals surface area contributed by atoms with Gasteiger partial charge in [0.2, 0.25) is 0 Å². The van der Waals surface area contributed by atoms with E-state index in [1.807, 2.05) is 32.0 Å². The molecular formula is C19H26N2O4. The number of benzene rings is 1. The average Bonchev–Trinajstić information content (AvgIpc) is 2.99. The molecule has 1 spiro atoms. The molecule has 0 bridgehead atoms. The van der Waals surface area contributed by atoms with Crippen molar-refractivity contribution in [3.8, 4) is 0 Å². The van der Waals surface area contributed by atoms with Crippen LogP contribution in [0.4, 0.5) is 5.69 Å². The Morgan fingerprint density at radius 3 is 2.68 bits per heavy atom. The third-order valence-electron chi connectivity index (χ3n) is 4.87. The lowest BCUT2D eigenvalue weighted by atomic mass is 9.94. The van der Waals surface area contributed by atoms with E-state index in [1.165, 1.54) is 6.42 Å². The number of hydrogen-bond acceptors (Lipinski definition) is 4. The molecule has 1 saturated heterocycles. The maximum atomic E-state index is 12.1. The molecule has 0 radical (unpaired) electrons. The fraction of sp³-hybridized carbons (Fsp3) is 0.579. The summed E-state index contributed by atoms with van der Waals surface area (Å²) in [7, 11) is 0.